The summed E-state index contributed by atoms with van der Waals surface area (Å²) in [6.07, 6.45) is 0.959. The Morgan fingerprint density at radius 1 is 0.818 bits per heavy atom. The van der Waals surface area contributed by atoms with Gasteiger partial charge < -0.3 is 9.80 Å². The summed E-state index contributed by atoms with van der Waals surface area (Å²) in [7, 11) is 0. The lowest BCUT2D eigenvalue weighted by Gasteiger charge is -2.28. The van der Waals surface area contributed by atoms with Crippen molar-refractivity contribution in [3.05, 3.63) is 35.9 Å². The van der Waals surface area contributed by atoms with Gasteiger partial charge in [0.1, 0.15) is 0 Å². The second kappa shape index (κ2) is 7.30. The van der Waals surface area contributed by atoms with E-state index in [4.69, 9.17) is 0 Å². The number of carbonyl (C=O) groups excluding carboxylic acids is 1. The van der Waals surface area contributed by atoms with Gasteiger partial charge in [0, 0.05) is 48.5 Å². The van der Waals surface area contributed by atoms with Crippen LogP contribution in [0.2, 0.25) is 0 Å². The Balaban J connectivity index is 2.83. The molecule has 118 valence electrons. The number of benzene rings is 2. The van der Waals surface area contributed by atoms with Crippen molar-refractivity contribution >= 4 is 28.4 Å². The maximum absolute atomic E-state index is 11.4. The van der Waals surface area contributed by atoms with Crippen LogP contribution in [0.15, 0.2) is 30.3 Å². The Bertz CT molecular complexity index is 625. The average Bonchev–Trinajstić information content (AvgIpc) is 2.57. The molecule has 0 bridgehead atoms. The van der Waals surface area contributed by atoms with E-state index in [-0.39, 0.29) is 0 Å². The first-order chi connectivity index (χ1) is 10.7. The molecule has 0 radical (unpaired) electrons. The van der Waals surface area contributed by atoms with E-state index in [2.05, 4.69) is 61.8 Å². The number of fused-ring (bicyclic) bond motifs is 1. The van der Waals surface area contributed by atoms with Crippen LogP contribution in [0.4, 0.5) is 11.4 Å². The summed E-state index contributed by atoms with van der Waals surface area (Å²) < 4.78 is 0. The van der Waals surface area contributed by atoms with Crippen LogP contribution in [-0.4, -0.2) is 32.5 Å². The number of hydrogen-bond acceptors (Lipinski definition) is 3. The smallest absolute Gasteiger partial charge is 0.150 e. The van der Waals surface area contributed by atoms with E-state index in [9.17, 15) is 4.79 Å². The van der Waals surface area contributed by atoms with Gasteiger partial charge in [-0.05, 0) is 51.3 Å². The summed E-state index contributed by atoms with van der Waals surface area (Å²) in [6, 6.07) is 10.3. The molecule has 0 unspecified atom stereocenters. The number of nitrogens with zero attached hydrogens (tertiary/aromatic N) is 2. The molecule has 0 aliphatic rings. The molecule has 0 amide bonds. The molecule has 2 aromatic carbocycles. The number of hydrogen-bond donors (Lipinski definition) is 0. The first-order valence-electron chi connectivity index (χ1n) is 8.22. The van der Waals surface area contributed by atoms with Gasteiger partial charge in [-0.3, -0.25) is 4.79 Å². The van der Waals surface area contributed by atoms with E-state index in [1.165, 1.54) is 16.8 Å². The Morgan fingerprint density at radius 2 is 1.36 bits per heavy atom. The van der Waals surface area contributed by atoms with Gasteiger partial charge in [-0.25, -0.2) is 0 Å². The van der Waals surface area contributed by atoms with Crippen LogP contribution >= 0.6 is 0 Å². The molecular formula is C19H26N2O. The van der Waals surface area contributed by atoms with Crippen molar-refractivity contribution in [3.63, 3.8) is 0 Å². The average molecular weight is 298 g/mol. The van der Waals surface area contributed by atoms with E-state index in [0.717, 1.165) is 43.4 Å². The molecule has 3 heteroatoms. The maximum atomic E-state index is 11.4. The Labute approximate surface area is 133 Å². The Hall–Kier alpha value is -2.03. The van der Waals surface area contributed by atoms with Gasteiger partial charge in [-0.2, -0.15) is 0 Å². The minimum Gasteiger partial charge on any atom is -0.372 e. The van der Waals surface area contributed by atoms with Crippen molar-refractivity contribution in [2.24, 2.45) is 0 Å². The SMILES string of the molecule is CCN(CC)c1cccc2c(C=O)ccc(N(CC)CC)c12. The standard InChI is InChI=1S/C19H26N2O/c1-5-20(6-2)17-11-9-10-16-15(14-22)12-13-18(19(16)17)21(7-3)8-4/h9-14H,5-8H2,1-4H3. The molecule has 0 saturated carbocycles. The molecule has 0 saturated heterocycles. The van der Waals surface area contributed by atoms with Crippen LogP contribution in [-0.2, 0) is 0 Å². The normalized spacial score (nSPS) is 10.7. The van der Waals surface area contributed by atoms with Crippen LogP contribution in [0.25, 0.3) is 10.8 Å². The van der Waals surface area contributed by atoms with Crippen LogP contribution in [0.5, 0.6) is 0 Å². The molecule has 0 aliphatic carbocycles. The first-order valence-corrected chi connectivity index (χ1v) is 8.22. The second-order valence-electron chi connectivity index (χ2n) is 5.34. The minimum atomic E-state index is 0.764. The highest BCUT2D eigenvalue weighted by atomic mass is 16.1. The number of aldehydes is 1. The molecule has 2 rings (SSSR count). The summed E-state index contributed by atoms with van der Waals surface area (Å²) in [5, 5.41) is 2.24. The minimum absolute atomic E-state index is 0.764. The molecule has 0 atom stereocenters. The predicted octanol–water partition coefficient (Wildman–Crippen LogP) is 4.34. The van der Waals surface area contributed by atoms with Gasteiger partial charge in [0.05, 0.1) is 0 Å². The Kier molecular flexibility index (Phi) is 5.42. The van der Waals surface area contributed by atoms with E-state index in [0.29, 0.717) is 0 Å². The van der Waals surface area contributed by atoms with Gasteiger partial charge in [0.25, 0.3) is 0 Å². The lowest BCUT2D eigenvalue weighted by molar-refractivity contribution is 0.112. The summed E-state index contributed by atoms with van der Waals surface area (Å²) >= 11 is 0. The maximum Gasteiger partial charge on any atom is 0.150 e. The van der Waals surface area contributed by atoms with E-state index in [1.807, 2.05) is 6.07 Å². The summed E-state index contributed by atoms with van der Waals surface area (Å²) in [5.74, 6) is 0. The zero-order valence-electron chi connectivity index (χ0n) is 14.1. The fourth-order valence-corrected chi connectivity index (χ4v) is 3.15. The Morgan fingerprint density at radius 3 is 1.86 bits per heavy atom. The zero-order valence-corrected chi connectivity index (χ0v) is 14.1. The third kappa shape index (κ3) is 2.80. The van der Waals surface area contributed by atoms with Crippen LogP contribution < -0.4 is 9.80 Å². The number of anilines is 2. The first kappa shape index (κ1) is 16.3. The van der Waals surface area contributed by atoms with Crippen LogP contribution in [0.1, 0.15) is 38.1 Å². The van der Waals surface area contributed by atoms with Crippen molar-refractivity contribution in [1.29, 1.82) is 0 Å². The van der Waals surface area contributed by atoms with Gasteiger partial charge in [-0.1, -0.05) is 12.1 Å². The summed E-state index contributed by atoms with van der Waals surface area (Å²) in [6.45, 7) is 12.5. The van der Waals surface area contributed by atoms with Gasteiger partial charge in [0.2, 0.25) is 0 Å². The quantitative estimate of drug-likeness (QED) is 0.710. The molecule has 0 aliphatic heterocycles. The zero-order chi connectivity index (χ0) is 16.1. The molecule has 0 N–H and O–H groups in total. The largest absolute Gasteiger partial charge is 0.372 e. The van der Waals surface area contributed by atoms with Crippen molar-refractivity contribution in [1.82, 2.24) is 0 Å². The lowest BCUT2D eigenvalue weighted by Crippen LogP contribution is -2.25. The highest BCUT2D eigenvalue weighted by molar-refractivity contribution is 6.10. The van der Waals surface area contributed by atoms with Gasteiger partial charge in [0.15, 0.2) is 6.29 Å². The molecule has 0 fully saturated rings. The monoisotopic (exact) mass is 298 g/mol. The fraction of sp³-hybridized carbons (Fsp3) is 0.421. The number of carbonyl (C=O) groups is 1. The van der Waals surface area contributed by atoms with Gasteiger partial charge in [-0.15, -0.1) is 0 Å². The lowest BCUT2D eigenvalue weighted by atomic mass is 10.00. The van der Waals surface area contributed by atoms with E-state index >= 15 is 0 Å². The van der Waals surface area contributed by atoms with E-state index < -0.39 is 0 Å². The molecule has 0 spiro atoms. The van der Waals surface area contributed by atoms with E-state index in [1.54, 1.807) is 0 Å². The molecule has 22 heavy (non-hydrogen) atoms. The summed E-state index contributed by atoms with van der Waals surface area (Å²) in [4.78, 5) is 16.1. The van der Waals surface area contributed by atoms with Crippen LogP contribution in [0.3, 0.4) is 0 Å². The fourth-order valence-electron chi connectivity index (χ4n) is 3.15. The summed E-state index contributed by atoms with van der Waals surface area (Å²) in [5.41, 5.74) is 3.20. The topological polar surface area (TPSA) is 23.6 Å². The molecule has 0 heterocycles. The van der Waals surface area contributed by atoms with Crippen molar-refractivity contribution in [3.8, 4) is 0 Å². The third-order valence-electron chi connectivity index (χ3n) is 4.37. The number of rotatable bonds is 7. The second-order valence-corrected chi connectivity index (χ2v) is 5.34. The highest BCUT2D eigenvalue weighted by Gasteiger charge is 2.15. The van der Waals surface area contributed by atoms with Crippen molar-refractivity contribution in [2.45, 2.75) is 27.7 Å². The van der Waals surface area contributed by atoms with Crippen LogP contribution in [0, 0.1) is 0 Å². The highest BCUT2D eigenvalue weighted by Crippen LogP contribution is 2.36. The molecule has 0 aromatic heterocycles. The molecule has 3 nitrogen and oxygen atoms in total. The van der Waals surface area contributed by atoms with Gasteiger partial charge >= 0.3 is 0 Å². The predicted molar refractivity (Wildman–Crippen MR) is 96.5 cm³/mol. The molecular weight excluding hydrogens is 272 g/mol. The van der Waals surface area contributed by atoms with Crippen molar-refractivity contribution in [2.75, 3.05) is 36.0 Å². The van der Waals surface area contributed by atoms with Crippen molar-refractivity contribution < 1.29 is 4.79 Å². The third-order valence-corrected chi connectivity index (χ3v) is 4.37. The molecule has 2 aromatic rings.